The lowest BCUT2D eigenvalue weighted by atomic mass is 10.1. The van der Waals surface area contributed by atoms with Gasteiger partial charge in [0.05, 0.1) is 12.6 Å². The molecular weight excluding hydrogens is 296 g/mol. The van der Waals surface area contributed by atoms with Crippen LogP contribution in [0.15, 0.2) is 24.3 Å². The lowest BCUT2D eigenvalue weighted by molar-refractivity contribution is -0.122. The molecule has 1 atom stereocenters. The van der Waals surface area contributed by atoms with Crippen molar-refractivity contribution in [1.82, 2.24) is 5.32 Å². The van der Waals surface area contributed by atoms with Crippen LogP contribution in [0.2, 0.25) is 0 Å². The van der Waals surface area contributed by atoms with Gasteiger partial charge in [-0.25, -0.2) is 0 Å². The van der Waals surface area contributed by atoms with Crippen LogP contribution >= 0.6 is 24.2 Å². The van der Waals surface area contributed by atoms with E-state index in [2.05, 4.69) is 5.32 Å². The van der Waals surface area contributed by atoms with Gasteiger partial charge in [0.15, 0.2) is 0 Å². The Morgan fingerprint density at radius 2 is 2.15 bits per heavy atom. The van der Waals surface area contributed by atoms with Crippen LogP contribution in [0.5, 0.6) is 0 Å². The summed E-state index contributed by atoms with van der Waals surface area (Å²) in [5.74, 6) is 0.809. The van der Waals surface area contributed by atoms with E-state index in [0.29, 0.717) is 19.6 Å². The molecule has 3 N–H and O–H groups in total. The maximum Gasteiger partial charge on any atom is 0.237 e. The Morgan fingerprint density at radius 1 is 1.45 bits per heavy atom. The molecule has 6 heteroatoms. The summed E-state index contributed by atoms with van der Waals surface area (Å²) in [4.78, 5) is 11.8. The first-order valence-electron chi connectivity index (χ1n) is 6.26. The van der Waals surface area contributed by atoms with Gasteiger partial charge >= 0.3 is 0 Å². The van der Waals surface area contributed by atoms with Gasteiger partial charge in [-0.05, 0) is 29.6 Å². The number of hydrogen-bond donors (Lipinski definition) is 2. The average molecular weight is 319 g/mol. The van der Waals surface area contributed by atoms with Crippen molar-refractivity contribution in [1.29, 1.82) is 0 Å². The molecule has 4 nitrogen and oxygen atoms in total. The Labute approximate surface area is 131 Å². The van der Waals surface area contributed by atoms with E-state index in [1.807, 2.05) is 30.5 Å². The molecule has 0 saturated heterocycles. The number of methoxy groups -OCH3 is 1. The third-order valence-electron chi connectivity index (χ3n) is 2.74. The van der Waals surface area contributed by atoms with E-state index < -0.39 is 6.04 Å². The van der Waals surface area contributed by atoms with Crippen LogP contribution in [-0.2, 0) is 22.7 Å². The maximum absolute atomic E-state index is 11.8. The van der Waals surface area contributed by atoms with Crippen LogP contribution in [0, 0.1) is 0 Å². The minimum atomic E-state index is -0.422. The van der Waals surface area contributed by atoms with Crippen molar-refractivity contribution in [2.75, 3.05) is 19.1 Å². The molecule has 0 aliphatic carbocycles. The van der Waals surface area contributed by atoms with Crippen LogP contribution in [-0.4, -0.2) is 31.1 Å². The minimum absolute atomic E-state index is 0. The number of halogens is 1. The fourth-order valence-electron chi connectivity index (χ4n) is 1.69. The molecule has 114 valence electrons. The van der Waals surface area contributed by atoms with E-state index in [-0.39, 0.29) is 18.3 Å². The molecule has 0 aliphatic heterocycles. The SMILES string of the molecule is COCc1cccc(CNC(=O)[C@@H](N)CCSC)c1.Cl. The van der Waals surface area contributed by atoms with Gasteiger partial charge in [-0.2, -0.15) is 11.8 Å². The van der Waals surface area contributed by atoms with E-state index in [1.165, 1.54) is 0 Å². The van der Waals surface area contributed by atoms with Gasteiger partial charge in [0.25, 0.3) is 0 Å². The van der Waals surface area contributed by atoms with E-state index >= 15 is 0 Å². The van der Waals surface area contributed by atoms with Crippen molar-refractivity contribution in [3.8, 4) is 0 Å². The second-order valence-electron chi connectivity index (χ2n) is 4.36. The van der Waals surface area contributed by atoms with Gasteiger partial charge in [0.2, 0.25) is 5.91 Å². The number of carbonyl (C=O) groups is 1. The third-order valence-corrected chi connectivity index (χ3v) is 3.38. The summed E-state index contributed by atoms with van der Waals surface area (Å²) in [6.45, 7) is 1.08. The molecular formula is C14H23ClN2O2S. The number of nitrogens with two attached hydrogens (primary N) is 1. The molecule has 0 radical (unpaired) electrons. The summed E-state index contributed by atoms with van der Waals surface area (Å²) in [5.41, 5.74) is 7.95. The van der Waals surface area contributed by atoms with Crippen LogP contribution in [0.25, 0.3) is 0 Å². The largest absolute Gasteiger partial charge is 0.380 e. The monoisotopic (exact) mass is 318 g/mol. The van der Waals surface area contributed by atoms with Crippen molar-refractivity contribution in [3.63, 3.8) is 0 Å². The number of thioether (sulfide) groups is 1. The second-order valence-corrected chi connectivity index (χ2v) is 5.34. The quantitative estimate of drug-likeness (QED) is 0.769. The zero-order valence-electron chi connectivity index (χ0n) is 11.9. The molecule has 0 unspecified atom stereocenters. The number of benzene rings is 1. The highest BCUT2D eigenvalue weighted by molar-refractivity contribution is 7.98. The predicted molar refractivity (Wildman–Crippen MR) is 87.2 cm³/mol. The molecule has 0 aromatic heterocycles. The first-order valence-corrected chi connectivity index (χ1v) is 7.65. The highest BCUT2D eigenvalue weighted by Crippen LogP contribution is 2.06. The number of rotatable bonds is 8. The van der Waals surface area contributed by atoms with E-state index in [0.717, 1.165) is 16.9 Å². The third kappa shape index (κ3) is 7.14. The van der Waals surface area contributed by atoms with E-state index in [9.17, 15) is 4.79 Å². The Morgan fingerprint density at radius 3 is 2.80 bits per heavy atom. The molecule has 0 heterocycles. The summed E-state index contributed by atoms with van der Waals surface area (Å²) in [5, 5.41) is 2.86. The lowest BCUT2D eigenvalue weighted by Crippen LogP contribution is -2.40. The molecule has 1 aromatic rings. The number of ether oxygens (including phenoxy) is 1. The van der Waals surface area contributed by atoms with Crippen LogP contribution in [0.4, 0.5) is 0 Å². The highest BCUT2D eigenvalue weighted by Gasteiger charge is 2.12. The number of nitrogens with one attached hydrogen (secondary N) is 1. The van der Waals surface area contributed by atoms with Crippen molar-refractivity contribution in [2.24, 2.45) is 5.73 Å². The molecule has 1 aromatic carbocycles. The summed E-state index contributed by atoms with van der Waals surface area (Å²) in [6.07, 6.45) is 2.71. The van der Waals surface area contributed by atoms with Crippen molar-refractivity contribution in [2.45, 2.75) is 25.6 Å². The highest BCUT2D eigenvalue weighted by atomic mass is 35.5. The van der Waals surface area contributed by atoms with Crippen molar-refractivity contribution in [3.05, 3.63) is 35.4 Å². The van der Waals surface area contributed by atoms with E-state index in [4.69, 9.17) is 10.5 Å². The number of amides is 1. The topological polar surface area (TPSA) is 64.3 Å². The molecule has 0 spiro atoms. The minimum Gasteiger partial charge on any atom is -0.380 e. The molecule has 0 saturated carbocycles. The normalized spacial score (nSPS) is 11.6. The van der Waals surface area contributed by atoms with Crippen molar-refractivity contribution < 1.29 is 9.53 Å². The zero-order chi connectivity index (χ0) is 14.1. The first-order chi connectivity index (χ1) is 9.17. The zero-order valence-corrected chi connectivity index (χ0v) is 13.6. The first kappa shape index (κ1) is 19.2. The fourth-order valence-corrected chi connectivity index (χ4v) is 2.18. The van der Waals surface area contributed by atoms with Crippen LogP contribution < -0.4 is 11.1 Å². The molecule has 0 aliphatic rings. The number of carbonyl (C=O) groups excluding carboxylic acids is 1. The fraction of sp³-hybridized carbons (Fsp3) is 0.500. The van der Waals surface area contributed by atoms with Gasteiger partial charge in [0, 0.05) is 13.7 Å². The van der Waals surface area contributed by atoms with Gasteiger partial charge < -0.3 is 15.8 Å². The van der Waals surface area contributed by atoms with Gasteiger partial charge in [0.1, 0.15) is 0 Å². The molecule has 0 fully saturated rings. The Bertz CT molecular complexity index is 405. The summed E-state index contributed by atoms with van der Waals surface area (Å²) >= 11 is 1.70. The van der Waals surface area contributed by atoms with Crippen molar-refractivity contribution >= 4 is 30.1 Å². The maximum atomic E-state index is 11.8. The smallest absolute Gasteiger partial charge is 0.237 e. The average Bonchev–Trinajstić information content (AvgIpc) is 2.43. The summed E-state index contributed by atoms with van der Waals surface area (Å²) in [7, 11) is 1.67. The summed E-state index contributed by atoms with van der Waals surface area (Å²) in [6, 6.07) is 7.54. The van der Waals surface area contributed by atoms with Crippen LogP contribution in [0.3, 0.4) is 0 Å². The number of hydrogen-bond acceptors (Lipinski definition) is 4. The van der Waals surface area contributed by atoms with Crippen LogP contribution in [0.1, 0.15) is 17.5 Å². The van der Waals surface area contributed by atoms with Gasteiger partial charge in [-0.15, -0.1) is 12.4 Å². The Hall–Kier alpha value is -0.750. The van der Waals surface area contributed by atoms with E-state index in [1.54, 1.807) is 18.9 Å². The molecule has 20 heavy (non-hydrogen) atoms. The van der Waals surface area contributed by atoms with Gasteiger partial charge in [-0.1, -0.05) is 24.3 Å². The standard InChI is InChI=1S/C14H22N2O2S.ClH/c1-18-10-12-5-3-4-11(8-12)9-16-14(17)13(15)6-7-19-2;/h3-5,8,13H,6-7,9-10,15H2,1-2H3,(H,16,17);1H/t13-;/m0./s1. The molecule has 1 rings (SSSR count). The molecule has 0 bridgehead atoms. The Balaban J connectivity index is 0.00000361. The second kappa shape index (κ2) is 11.0. The summed E-state index contributed by atoms with van der Waals surface area (Å²) < 4.78 is 5.08. The molecule has 1 amide bonds. The lowest BCUT2D eigenvalue weighted by Gasteiger charge is -2.12. The predicted octanol–water partition coefficient (Wildman–Crippen LogP) is 1.95. The van der Waals surface area contributed by atoms with Gasteiger partial charge in [-0.3, -0.25) is 4.79 Å². The Kier molecular flexibility index (Phi) is 10.6.